The largest absolute Gasteiger partial charge is 0.326 e. The van der Waals surface area contributed by atoms with Crippen LogP contribution in [0.15, 0.2) is 30.6 Å². The van der Waals surface area contributed by atoms with Gasteiger partial charge in [0.05, 0.1) is 0 Å². The number of amides is 3. The minimum absolute atomic E-state index is 0.245. The Kier molecular flexibility index (Phi) is 3.18. The summed E-state index contributed by atoms with van der Waals surface area (Å²) in [6, 6.07) is 3.39. The molecule has 0 spiro atoms. The van der Waals surface area contributed by atoms with Gasteiger partial charge in [0.25, 0.3) is 5.91 Å². The van der Waals surface area contributed by atoms with E-state index in [4.69, 9.17) is 0 Å². The topological polar surface area (TPSA) is 53.5 Å². The molecule has 2 rings (SSSR count). The Morgan fingerprint density at radius 2 is 2.29 bits per heavy atom. The minimum Gasteiger partial charge on any atom is -0.326 e. The molecule has 1 aliphatic heterocycles. The van der Waals surface area contributed by atoms with E-state index in [0.29, 0.717) is 13.1 Å². The highest BCUT2D eigenvalue weighted by atomic mass is 16.2. The number of imide groups is 1. The minimum atomic E-state index is -0.289. The van der Waals surface area contributed by atoms with Gasteiger partial charge in [-0.05, 0) is 17.7 Å². The van der Waals surface area contributed by atoms with Gasteiger partial charge in [-0.3, -0.25) is 14.7 Å². The Balaban J connectivity index is 2.03. The van der Waals surface area contributed by atoms with E-state index in [9.17, 15) is 9.59 Å². The SMILES string of the molecule is CN1CCN(C(=O)/C=C/c2cccnc2)C1=O. The fourth-order valence-electron chi connectivity index (χ4n) is 1.58. The molecule has 0 aromatic carbocycles. The zero-order valence-corrected chi connectivity index (χ0v) is 9.54. The first-order valence-corrected chi connectivity index (χ1v) is 5.33. The van der Waals surface area contributed by atoms with Gasteiger partial charge < -0.3 is 4.90 Å². The van der Waals surface area contributed by atoms with Crippen molar-refractivity contribution in [2.24, 2.45) is 0 Å². The molecule has 1 fully saturated rings. The molecule has 0 bridgehead atoms. The predicted octanol–water partition coefficient (Wildman–Crippen LogP) is 0.989. The second kappa shape index (κ2) is 4.78. The summed E-state index contributed by atoms with van der Waals surface area (Å²) < 4.78 is 0. The number of urea groups is 1. The van der Waals surface area contributed by atoms with Crippen molar-refractivity contribution in [1.29, 1.82) is 0 Å². The molecular weight excluding hydrogens is 218 g/mol. The molecular formula is C12H13N3O2. The summed E-state index contributed by atoms with van der Waals surface area (Å²) in [5.74, 6) is -0.289. The van der Waals surface area contributed by atoms with E-state index >= 15 is 0 Å². The van der Waals surface area contributed by atoms with Crippen LogP contribution in [0.25, 0.3) is 6.08 Å². The normalized spacial score (nSPS) is 15.9. The van der Waals surface area contributed by atoms with E-state index in [1.54, 1.807) is 31.6 Å². The molecule has 88 valence electrons. The number of aromatic nitrogens is 1. The third kappa shape index (κ3) is 2.50. The maximum Gasteiger partial charge on any atom is 0.326 e. The Hall–Kier alpha value is -2.17. The maximum absolute atomic E-state index is 11.7. The van der Waals surface area contributed by atoms with Gasteiger partial charge in [0, 0.05) is 38.6 Å². The van der Waals surface area contributed by atoms with Gasteiger partial charge in [0.1, 0.15) is 0 Å². The van der Waals surface area contributed by atoms with Gasteiger partial charge in [-0.2, -0.15) is 0 Å². The number of rotatable bonds is 2. The molecule has 1 aliphatic rings. The molecule has 5 heteroatoms. The van der Waals surface area contributed by atoms with Crippen LogP contribution in [0.3, 0.4) is 0 Å². The van der Waals surface area contributed by atoms with Crippen molar-refractivity contribution >= 4 is 18.0 Å². The quantitative estimate of drug-likeness (QED) is 0.713. The van der Waals surface area contributed by atoms with Gasteiger partial charge in [-0.1, -0.05) is 6.07 Å². The number of pyridine rings is 1. The van der Waals surface area contributed by atoms with Gasteiger partial charge >= 0.3 is 6.03 Å². The average molecular weight is 231 g/mol. The lowest BCUT2D eigenvalue weighted by Crippen LogP contribution is -2.33. The zero-order chi connectivity index (χ0) is 12.3. The van der Waals surface area contributed by atoms with E-state index in [0.717, 1.165) is 5.56 Å². The molecule has 1 aromatic heterocycles. The van der Waals surface area contributed by atoms with Crippen LogP contribution in [0.4, 0.5) is 4.79 Å². The monoisotopic (exact) mass is 231 g/mol. The summed E-state index contributed by atoms with van der Waals surface area (Å²) in [6.07, 6.45) is 6.37. The number of nitrogens with zero attached hydrogens (tertiary/aromatic N) is 3. The lowest BCUT2D eigenvalue weighted by atomic mass is 10.2. The molecule has 1 saturated heterocycles. The summed E-state index contributed by atoms with van der Waals surface area (Å²) in [5.41, 5.74) is 0.834. The van der Waals surface area contributed by atoms with Crippen LogP contribution in [0.5, 0.6) is 0 Å². The summed E-state index contributed by atoms with van der Waals surface area (Å²) in [5, 5.41) is 0. The predicted molar refractivity (Wildman–Crippen MR) is 63.0 cm³/mol. The standard InChI is InChI=1S/C12H13N3O2/c1-14-7-8-15(12(14)17)11(16)5-4-10-3-2-6-13-9-10/h2-6,9H,7-8H2,1H3/b5-4+. The lowest BCUT2D eigenvalue weighted by molar-refractivity contribution is -0.122. The molecule has 0 unspecified atom stereocenters. The van der Waals surface area contributed by atoms with E-state index < -0.39 is 0 Å². The molecule has 2 heterocycles. The second-order valence-corrected chi connectivity index (χ2v) is 3.81. The van der Waals surface area contributed by atoms with E-state index in [1.807, 2.05) is 6.07 Å². The van der Waals surface area contributed by atoms with Crippen molar-refractivity contribution in [1.82, 2.24) is 14.8 Å². The van der Waals surface area contributed by atoms with Crippen LogP contribution in [0, 0.1) is 0 Å². The van der Waals surface area contributed by atoms with Gasteiger partial charge in [-0.15, -0.1) is 0 Å². The third-order valence-corrected chi connectivity index (χ3v) is 2.59. The average Bonchev–Trinajstić information content (AvgIpc) is 2.69. The summed E-state index contributed by atoms with van der Waals surface area (Å²) in [6.45, 7) is 1.04. The molecule has 0 N–H and O–H groups in total. The summed E-state index contributed by atoms with van der Waals surface area (Å²) in [4.78, 5) is 30.0. The van der Waals surface area contributed by atoms with E-state index in [-0.39, 0.29) is 11.9 Å². The number of hydrogen-bond acceptors (Lipinski definition) is 3. The summed E-state index contributed by atoms with van der Waals surface area (Å²) in [7, 11) is 1.68. The van der Waals surface area contributed by atoms with Gasteiger partial charge in [0.2, 0.25) is 0 Å². The molecule has 17 heavy (non-hydrogen) atoms. The van der Waals surface area contributed by atoms with Gasteiger partial charge in [-0.25, -0.2) is 4.79 Å². The Labute approximate surface area is 99.4 Å². The van der Waals surface area contributed by atoms with Crippen LogP contribution in [0.1, 0.15) is 5.56 Å². The maximum atomic E-state index is 11.7. The molecule has 0 saturated carbocycles. The van der Waals surface area contributed by atoms with Crippen LogP contribution >= 0.6 is 0 Å². The second-order valence-electron chi connectivity index (χ2n) is 3.81. The lowest BCUT2D eigenvalue weighted by Gasteiger charge is -2.11. The van der Waals surface area contributed by atoms with Crippen molar-refractivity contribution in [3.05, 3.63) is 36.2 Å². The highest BCUT2D eigenvalue weighted by Gasteiger charge is 2.28. The molecule has 1 aromatic rings. The van der Waals surface area contributed by atoms with Crippen LogP contribution in [-0.2, 0) is 4.79 Å². The van der Waals surface area contributed by atoms with Gasteiger partial charge in [0.15, 0.2) is 0 Å². The first kappa shape index (κ1) is 11.3. The van der Waals surface area contributed by atoms with Crippen LogP contribution in [0.2, 0.25) is 0 Å². The van der Waals surface area contributed by atoms with E-state index in [1.165, 1.54) is 15.9 Å². The number of likely N-dealkylation sites (N-methyl/N-ethyl adjacent to an activating group) is 1. The Morgan fingerprint density at radius 3 is 2.88 bits per heavy atom. The number of carbonyl (C=O) groups excluding carboxylic acids is 2. The Morgan fingerprint density at radius 1 is 1.47 bits per heavy atom. The molecule has 3 amide bonds. The number of carbonyl (C=O) groups is 2. The third-order valence-electron chi connectivity index (χ3n) is 2.59. The fourth-order valence-corrected chi connectivity index (χ4v) is 1.58. The van der Waals surface area contributed by atoms with Crippen molar-refractivity contribution in [3.8, 4) is 0 Å². The molecule has 0 radical (unpaired) electrons. The summed E-state index contributed by atoms with van der Waals surface area (Å²) >= 11 is 0. The first-order valence-electron chi connectivity index (χ1n) is 5.33. The first-order chi connectivity index (χ1) is 8.18. The highest BCUT2D eigenvalue weighted by Crippen LogP contribution is 2.08. The smallest absolute Gasteiger partial charge is 0.326 e. The fraction of sp³-hybridized carbons (Fsp3) is 0.250. The highest BCUT2D eigenvalue weighted by molar-refractivity contribution is 6.03. The number of hydrogen-bond donors (Lipinski definition) is 0. The van der Waals surface area contributed by atoms with Crippen molar-refractivity contribution < 1.29 is 9.59 Å². The molecule has 0 atom stereocenters. The van der Waals surface area contributed by atoms with Crippen LogP contribution < -0.4 is 0 Å². The van der Waals surface area contributed by atoms with Crippen molar-refractivity contribution in [2.75, 3.05) is 20.1 Å². The van der Waals surface area contributed by atoms with E-state index in [2.05, 4.69) is 4.98 Å². The van der Waals surface area contributed by atoms with Crippen molar-refractivity contribution in [2.45, 2.75) is 0 Å². The van der Waals surface area contributed by atoms with Crippen LogP contribution in [-0.4, -0.2) is 46.9 Å². The Bertz CT molecular complexity index is 456. The molecule has 5 nitrogen and oxygen atoms in total. The zero-order valence-electron chi connectivity index (χ0n) is 9.54. The van der Waals surface area contributed by atoms with Crippen molar-refractivity contribution in [3.63, 3.8) is 0 Å². The molecule has 0 aliphatic carbocycles.